The predicted molar refractivity (Wildman–Crippen MR) is 66.9 cm³/mol. The summed E-state index contributed by atoms with van der Waals surface area (Å²) >= 11 is 0. The fourth-order valence-electron chi connectivity index (χ4n) is 1.51. The van der Waals surface area contributed by atoms with Gasteiger partial charge < -0.3 is 15.7 Å². The van der Waals surface area contributed by atoms with Crippen molar-refractivity contribution in [3.05, 3.63) is 0 Å². The smallest absolute Gasteiger partial charge is 0.314 e. The summed E-state index contributed by atoms with van der Waals surface area (Å²) in [7, 11) is 0. The van der Waals surface area contributed by atoms with Crippen LogP contribution in [0, 0.1) is 11.8 Å². The van der Waals surface area contributed by atoms with E-state index < -0.39 is 5.97 Å². The van der Waals surface area contributed by atoms with E-state index in [1.807, 2.05) is 0 Å². The van der Waals surface area contributed by atoms with Crippen LogP contribution in [-0.4, -0.2) is 30.2 Å². The fraction of sp³-hybridized carbons (Fsp3) is 0.833. The Labute approximate surface area is 103 Å². The lowest BCUT2D eigenvalue weighted by Gasteiger charge is -2.15. The number of urea groups is 1. The lowest BCUT2D eigenvalue weighted by atomic mass is 10.0. The number of carbonyl (C=O) groups excluding carboxylic acids is 1. The van der Waals surface area contributed by atoms with E-state index in [-0.39, 0.29) is 18.4 Å². The SMILES string of the molecule is CCC(CC)CNC(=O)NCC(C)CC(=O)O. The number of rotatable bonds is 8. The molecule has 0 spiro atoms. The number of carboxylic acid groups (broad SMARTS) is 1. The molecule has 0 aliphatic carbocycles. The summed E-state index contributed by atoms with van der Waals surface area (Å²) in [5.74, 6) is -0.375. The molecule has 0 saturated carbocycles. The van der Waals surface area contributed by atoms with Gasteiger partial charge in [0, 0.05) is 19.5 Å². The zero-order valence-electron chi connectivity index (χ0n) is 11.0. The minimum absolute atomic E-state index is 0.0496. The highest BCUT2D eigenvalue weighted by atomic mass is 16.4. The van der Waals surface area contributed by atoms with Gasteiger partial charge in [-0.3, -0.25) is 4.79 Å². The van der Waals surface area contributed by atoms with Crippen molar-refractivity contribution in [2.75, 3.05) is 13.1 Å². The van der Waals surface area contributed by atoms with Crippen molar-refractivity contribution < 1.29 is 14.7 Å². The predicted octanol–water partition coefficient (Wildman–Crippen LogP) is 1.83. The Balaban J connectivity index is 3.68. The molecular weight excluding hydrogens is 220 g/mol. The third-order valence-corrected chi connectivity index (χ3v) is 2.84. The molecule has 1 unspecified atom stereocenters. The minimum Gasteiger partial charge on any atom is -0.481 e. The molecule has 0 fully saturated rings. The molecule has 1 atom stereocenters. The summed E-state index contributed by atoms with van der Waals surface area (Å²) in [6.45, 7) is 7.06. The van der Waals surface area contributed by atoms with Crippen LogP contribution in [0.25, 0.3) is 0 Å². The number of nitrogens with one attached hydrogen (secondary N) is 2. The molecule has 0 bridgehead atoms. The molecule has 3 N–H and O–H groups in total. The Bertz CT molecular complexity index is 240. The van der Waals surface area contributed by atoms with Crippen LogP contribution in [0.2, 0.25) is 0 Å². The van der Waals surface area contributed by atoms with E-state index in [1.54, 1.807) is 6.92 Å². The summed E-state index contributed by atoms with van der Waals surface area (Å²) in [5.41, 5.74) is 0. The zero-order chi connectivity index (χ0) is 13.3. The number of amides is 2. The topological polar surface area (TPSA) is 78.4 Å². The molecule has 17 heavy (non-hydrogen) atoms. The van der Waals surface area contributed by atoms with Crippen molar-refractivity contribution in [1.82, 2.24) is 10.6 Å². The van der Waals surface area contributed by atoms with Crippen LogP contribution in [0.15, 0.2) is 0 Å². The van der Waals surface area contributed by atoms with Crippen LogP contribution in [0.1, 0.15) is 40.0 Å². The monoisotopic (exact) mass is 244 g/mol. The second-order valence-electron chi connectivity index (χ2n) is 4.48. The van der Waals surface area contributed by atoms with Crippen molar-refractivity contribution in [1.29, 1.82) is 0 Å². The third-order valence-electron chi connectivity index (χ3n) is 2.84. The molecule has 0 aliphatic rings. The first-order chi connectivity index (χ1) is 7.99. The van der Waals surface area contributed by atoms with Crippen LogP contribution < -0.4 is 10.6 Å². The highest BCUT2D eigenvalue weighted by molar-refractivity contribution is 5.74. The van der Waals surface area contributed by atoms with Gasteiger partial charge in [0.05, 0.1) is 0 Å². The Morgan fingerprint density at radius 2 is 1.65 bits per heavy atom. The van der Waals surface area contributed by atoms with Crippen molar-refractivity contribution >= 4 is 12.0 Å². The molecule has 2 amide bonds. The number of carbonyl (C=O) groups is 2. The number of hydrogen-bond acceptors (Lipinski definition) is 2. The van der Waals surface area contributed by atoms with Gasteiger partial charge in [0.2, 0.25) is 0 Å². The average molecular weight is 244 g/mol. The van der Waals surface area contributed by atoms with Gasteiger partial charge in [-0.25, -0.2) is 4.79 Å². The molecule has 0 saturated heterocycles. The van der Waals surface area contributed by atoms with Gasteiger partial charge in [-0.05, 0) is 11.8 Å². The van der Waals surface area contributed by atoms with Gasteiger partial charge in [0.15, 0.2) is 0 Å². The van der Waals surface area contributed by atoms with E-state index in [0.29, 0.717) is 19.0 Å². The fourth-order valence-corrected chi connectivity index (χ4v) is 1.51. The second kappa shape index (κ2) is 8.84. The normalized spacial score (nSPS) is 12.2. The minimum atomic E-state index is -0.836. The summed E-state index contributed by atoms with van der Waals surface area (Å²) in [6, 6.07) is -0.214. The Morgan fingerprint density at radius 3 is 2.12 bits per heavy atom. The molecule has 0 radical (unpaired) electrons. The number of carboxylic acids is 1. The Kier molecular flexibility index (Phi) is 8.19. The summed E-state index contributed by atoms with van der Waals surface area (Å²) in [4.78, 5) is 21.8. The molecule has 0 rings (SSSR count). The highest BCUT2D eigenvalue weighted by Gasteiger charge is 2.10. The number of aliphatic carboxylic acids is 1. The van der Waals surface area contributed by atoms with Gasteiger partial charge in [-0.2, -0.15) is 0 Å². The third kappa shape index (κ3) is 8.54. The maximum absolute atomic E-state index is 11.4. The van der Waals surface area contributed by atoms with E-state index in [1.165, 1.54) is 0 Å². The van der Waals surface area contributed by atoms with Crippen molar-refractivity contribution in [2.45, 2.75) is 40.0 Å². The lowest BCUT2D eigenvalue weighted by molar-refractivity contribution is -0.137. The standard InChI is InChI=1S/C12H24N2O3/c1-4-10(5-2)8-14-12(17)13-7-9(3)6-11(15)16/h9-10H,4-8H2,1-3H3,(H,15,16)(H2,13,14,17). The van der Waals surface area contributed by atoms with Crippen LogP contribution in [0.4, 0.5) is 4.79 Å². The molecule has 0 aromatic carbocycles. The van der Waals surface area contributed by atoms with Gasteiger partial charge in [0.25, 0.3) is 0 Å². The van der Waals surface area contributed by atoms with Crippen molar-refractivity contribution in [2.24, 2.45) is 11.8 Å². The quantitative estimate of drug-likeness (QED) is 0.609. The van der Waals surface area contributed by atoms with Crippen LogP contribution >= 0.6 is 0 Å². The Morgan fingerprint density at radius 1 is 1.12 bits per heavy atom. The maximum atomic E-state index is 11.4. The van der Waals surface area contributed by atoms with E-state index >= 15 is 0 Å². The largest absolute Gasteiger partial charge is 0.481 e. The first kappa shape index (κ1) is 15.7. The highest BCUT2D eigenvalue weighted by Crippen LogP contribution is 2.04. The van der Waals surface area contributed by atoms with Crippen LogP contribution in [0.5, 0.6) is 0 Å². The number of hydrogen-bond donors (Lipinski definition) is 3. The average Bonchev–Trinajstić information content (AvgIpc) is 2.27. The van der Waals surface area contributed by atoms with Crippen molar-refractivity contribution in [3.8, 4) is 0 Å². The summed E-state index contributed by atoms with van der Waals surface area (Å²) in [6.07, 6.45) is 2.17. The lowest BCUT2D eigenvalue weighted by Crippen LogP contribution is -2.40. The first-order valence-electron chi connectivity index (χ1n) is 6.23. The molecular formula is C12H24N2O3. The van der Waals surface area contributed by atoms with Crippen LogP contribution in [-0.2, 0) is 4.79 Å². The van der Waals surface area contributed by atoms with Gasteiger partial charge in [-0.15, -0.1) is 0 Å². The van der Waals surface area contributed by atoms with Gasteiger partial charge in [-0.1, -0.05) is 33.6 Å². The van der Waals surface area contributed by atoms with E-state index in [9.17, 15) is 9.59 Å². The van der Waals surface area contributed by atoms with Gasteiger partial charge in [0.1, 0.15) is 0 Å². The molecule has 5 nitrogen and oxygen atoms in total. The van der Waals surface area contributed by atoms with Crippen molar-refractivity contribution in [3.63, 3.8) is 0 Å². The van der Waals surface area contributed by atoms with Crippen LogP contribution in [0.3, 0.4) is 0 Å². The molecule has 5 heteroatoms. The molecule has 0 aromatic heterocycles. The summed E-state index contributed by atoms with van der Waals surface area (Å²) in [5, 5.41) is 14.0. The molecule has 0 heterocycles. The molecule has 100 valence electrons. The molecule has 0 aliphatic heterocycles. The summed E-state index contributed by atoms with van der Waals surface area (Å²) < 4.78 is 0. The Hall–Kier alpha value is -1.26. The first-order valence-corrected chi connectivity index (χ1v) is 6.23. The van der Waals surface area contributed by atoms with Gasteiger partial charge >= 0.3 is 12.0 Å². The maximum Gasteiger partial charge on any atom is 0.314 e. The van der Waals surface area contributed by atoms with E-state index in [0.717, 1.165) is 12.8 Å². The second-order valence-corrected chi connectivity index (χ2v) is 4.48. The van der Waals surface area contributed by atoms with E-state index in [2.05, 4.69) is 24.5 Å². The zero-order valence-corrected chi connectivity index (χ0v) is 11.0. The molecule has 0 aromatic rings. The van der Waals surface area contributed by atoms with E-state index in [4.69, 9.17) is 5.11 Å².